The van der Waals surface area contributed by atoms with Crippen LogP contribution >= 0.6 is 15.9 Å². The number of allylic oxidation sites excluding steroid dienone is 1. The van der Waals surface area contributed by atoms with Crippen molar-refractivity contribution in [3.8, 4) is 5.75 Å². The van der Waals surface area contributed by atoms with Crippen LogP contribution in [0.1, 0.15) is 37.8 Å². The lowest BCUT2D eigenvalue weighted by Gasteiger charge is -2.38. The molecule has 3 saturated heterocycles. The Hall–Kier alpha value is -4.00. The van der Waals surface area contributed by atoms with Crippen LogP contribution in [0.15, 0.2) is 79.9 Å². The van der Waals surface area contributed by atoms with Crippen molar-refractivity contribution in [2.75, 3.05) is 31.8 Å². The molecule has 3 fully saturated rings. The molecule has 2 bridgehead atoms. The molecule has 0 saturated carbocycles. The van der Waals surface area contributed by atoms with Crippen molar-refractivity contribution >= 4 is 45.3 Å². The van der Waals surface area contributed by atoms with Crippen molar-refractivity contribution < 1.29 is 38.5 Å². The number of ether oxygens (including phenoxy) is 3. The number of aliphatic hydroxyl groups excluding tert-OH is 1. The van der Waals surface area contributed by atoms with Gasteiger partial charge in [0.1, 0.15) is 24.0 Å². The van der Waals surface area contributed by atoms with E-state index in [2.05, 4.69) is 34.4 Å². The zero-order valence-electron chi connectivity index (χ0n) is 27.1. The quantitative estimate of drug-likeness (QED) is 0.161. The van der Waals surface area contributed by atoms with Gasteiger partial charge in [-0.1, -0.05) is 58.4 Å². The first-order chi connectivity index (χ1) is 23.1. The molecule has 2 aromatic rings. The summed E-state index contributed by atoms with van der Waals surface area (Å²) >= 11 is 3.70. The minimum absolute atomic E-state index is 0.112. The number of esters is 1. The number of methoxy groups -OCH3 is 1. The van der Waals surface area contributed by atoms with Crippen LogP contribution in [0, 0.1) is 11.8 Å². The van der Waals surface area contributed by atoms with Gasteiger partial charge in [0.2, 0.25) is 11.8 Å². The molecular weight excluding hydrogens is 682 g/mol. The maximum Gasteiger partial charge on any atom is 0.306 e. The Morgan fingerprint density at radius 2 is 1.88 bits per heavy atom. The SMILES string of the molecule is C=CCCC(=O)OC[C@@H](NC(=O)[C@H]1[C@@H]2O[C@@]3(CC2Br)[C@@H]1C(=O)N([C@H](C)CO)[C@@H]3C(=O)N(CC=C)c1ccc(OC)cc1)c1ccccc1. The van der Waals surface area contributed by atoms with Crippen LogP contribution in [-0.2, 0) is 28.7 Å². The van der Waals surface area contributed by atoms with Gasteiger partial charge in [0, 0.05) is 23.5 Å². The summed E-state index contributed by atoms with van der Waals surface area (Å²) < 4.78 is 17.5. The Morgan fingerprint density at radius 3 is 2.50 bits per heavy atom. The van der Waals surface area contributed by atoms with Crippen LogP contribution < -0.4 is 15.0 Å². The number of nitrogens with one attached hydrogen (secondary N) is 1. The largest absolute Gasteiger partial charge is 0.497 e. The first kappa shape index (κ1) is 35.3. The number of hydrogen-bond donors (Lipinski definition) is 2. The Kier molecular flexibility index (Phi) is 11.1. The molecule has 3 aliphatic heterocycles. The zero-order chi connectivity index (χ0) is 34.6. The van der Waals surface area contributed by atoms with E-state index in [4.69, 9.17) is 14.2 Å². The van der Waals surface area contributed by atoms with Crippen LogP contribution in [-0.4, -0.2) is 89.2 Å². The van der Waals surface area contributed by atoms with Crippen molar-refractivity contribution in [2.24, 2.45) is 11.8 Å². The van der Waals surface area contributed by atoms with E-state index in [0.29, 0.717) is 24.3 Å². The average molecular weight is 725 g/mol. The highest BCUT2D eigenvalue weighted by Crippen LogP contribution is 2.60. The molecule has 1 spiro atoms. The van der Waals surface area contributed by atoms with Crippen molar-refractivity contribution in [1.82, 2.24) is 10.2 Å². The van der Waals surface area contributed by atoms with E-state index in [1.54, 1.807) is 50.5 Å². The number of amides is 3. The zero-order valence-corrected chi connectivity index (χ0v) is 28.7. The first-order valence-corrected chi connectivity index (χ1v) is 17.0. The fourth-order valence-corrected chi connectivity index (χ4v) is 8.16. The fraction of sp³-hybridized carbons (Fsp3) is 0.444. The molecule has 0 aliphatic carbocycles. The van der Waals surface area contributed by atoms with Gasteiger partial charge in [-0.15, -0.1) is 13.2 Å². The predicted octanol–water partition coefficient (Wildman–Crippen LogP) is 3.71. The molecule has 2 aromatic carbocycles. The lowest BCUT2D eigenvalue weighted by atomic mass is 9.70. The summed E-state index contributed by atoms with van der Waals surface area (Å²) in [6.45, 7) is 8.78. The predicted molar refractivity (Wildman–Crippen MR) is 182 cm³/mol. The van der Waals surface area contributed by atoms with E-state index in [0.717, 1.165) is 5.56 Å². The van der Waals surface area contributed by atoms with Crippen LogP contribution in [0.2, 0.25) is 0 Å². The maximum absolute atomic E-state index is 14.7. The van der Waals surface area contributed by atoms with Gasteiger partial charge in [-0.3, -0.25) is 19.2 Å². The number of rotatable bonds is 15. The van der Waals surface area contributed by atoms with Gasteiger partial charge in [0.05, 0.1) is 43.7 Å². The average Bonchev–Trinajstić information content (AvgIpc) is 3.70. The third-order valence-electron chi connectivity index (χ3n) is 9.45. The molecule has 11 nitrogen and oxygen atoms in total. The van der Waals surface area contributed by atoms with Gasteiger partial charge in [0.15, 0.2) is 0 Å². The number of benzene rings is 2. The summed E-state index contributed by atoms with van der Waals surface area (Å²) in [6, 6.07) is 13.5. The number of fused-ring (bicyclic) bond motifs is 1. The summed E-state index contributed by atoms with van der Waals surface area (Å²) in [5.41, 5.74) is -0.0587. The molecule has 1 unspecified atom stereocenters. The highest BCUT2D eigenvalue weighted by molar-refractivity contribution is 9.09. The van der Waals surface area contributed by atoms with Crippen LogP contribution in [0.3, 0.4) is 0 Å². The van der Waals surface area contributed by atoms with Gasteiger partial charge in [0.25, 0.3) is 5.91 Å². The highest BCUT2D eigenvalue weighted by Gasteiger charge is 2.77. The van der Waals surface area contributed by atoms with Gasteiger partial charge in [-0.05, 0) is 49.6 Å². The number of carbonyl (C=O) groups excluding carboxylic acids is 4. The molecule has 3 aliphatic rings. The number of carbonyl (C=O) groups is 4. The van der Waals surface area contributed by atoms with Crippen molar-refractivity contribution in [2.45, 2.75) is 60.8 Å². The van der Waals surface area contributed by atoms with E-state index >= 15 is 0 Å². The summed E-state index contributed by atoms with van der Waals surface area (Å²) in [4.78, 5) is 58.4. The van der Waals surface area contributed by atoms with Crippen LogP contribution in [0.4, 0.5) is 5.69 Å². The van der Waals surface area contributed by atoms with E-state index in [1.807, 2.05) is 30.3 Å². The summed E-state index contributed by atoms with van der Waals surface area (Å²) in [5.74, 6) is -3.06. The van der Waals surface area contributed by atoms with Crippen LogP contribution in [0.5, 0.6) is 5.75 Å². The standard InChI is InChI=1S/C36H42BrN3O8/c1-5-7-13-28(42)47-21-27(23-11-9-8-10-12-23)38-33(43)29-30-34(44)40(22(3)20-41)32(36(30)19-26(37)31(29)48-36)35(45)39(18-6-2)24-14-16-25(46-4)17-15-24/h5-6,8-12,14-17,22,26-27,29-32,41H,1-2,7,13,18-21H2,3-4H3,(H,38,43)/t22-,26?,27-,29-,30+,31-,32-,36+/m1/s1. The number of halogens is 1. The molecule has 12 heteroatoms. The Morgan fingerprint density at radius 1 is 1.17 bits per heavy atom. The second kappa shape index (κ2) is 15.0. The number of anilines is 1. The molecule has 256 valence electrons. The van der Waals surface area contributed by atoms with Crippen molar-refractivity contribution in [1.29, 1.82) is 0 Å². The Bertz CT molecular complexity index is 1520. The van der Waals surface area contributed by atoms with E-state index in [9.17, 15) is 24.3 Å². The molecule has 48 heavy (non-hydrogen) atoms. The number of likely N-dealkylation sites (tertiary alicyclic amines) is 1. The summed E-state index contributed by atoms with van der Waals surface area (Å²) in [6.07, 6.45) is 3.45. The second-order valence-corrected chi connectivity index (χ2v) is 13.5. The van der Waals surface area contributed by atoms with Crippen LogP contribution in [0.25, 0.3) is 0 Å². The van der Waals surface area contributed by atoms with Gasteiger partial charge >= 0.3 is 5.97 Å². The topological polar surface area (TPSA) is 135 Å². The Balaban J connectivity index is 1.48. The third kappa shape index (κ3) is 6.53. The minimum Gasteiger partial charge on any atom is -0.497 e. The summed E-state index contributed by atoms with van der Waals surface area (Å²) in [7, 11) is 1.55. The summed E-state index contributed by atoms with van der Waals surface area (Å²) in [5, 5.41) is 13.3. The molecule has 2 N–H and O–H groups in total. The number of aliphatic hydroxyl groups is 1. The second-order valence-electron chi connectivity index (χ2n) is 12.4. The third-order valence-corrected chi connectivity index (χ3v) is 10.3. The molecule has 0 radical (unpaired) electrons. The van der Waals surface area contributed by atoms with Gasteiger partial charge < -0.3 is 34.4 Å². The van der Waals surface area contributed by atoms with Crippen molar-refractivity contribution in [3.63, 3.8) is 0 Å². The molecule has 3 amide bonds. The normalized spacial score (nSPS) is 26.7. The fourth-order valence-electron chi connectivity index (χ4n) is 7.21. The van der Waals surface area contributed by atoms with Gasteiger partial charge in [-0.25, -0.2) is 0 Å². The lowest BCUT2D eigenvalue weighted by molar-refractivity contribution is -0.146. The monoisotopic (exact) mass is 723 g/mol. The van der Waals surface area contributed by atoms with Crippen molar-refractivity contribution in [3.05, 3.63) is 85.5 Å². The first-order valence-electron chi connectivity index (χ1n) is 16.0. The lowest BCUT2D eigenvalue weighted by Crippen LogP contribution is -2.59. The van der Waals surface area contributed by atoms with E-state index in [1.165, 1.54) is 9.80 Å². The molecular formula is C36H42BrN3O8. The molecule has 5 rings (SSSR count). The van der Waals surface area contributed by atoms with E-state index < -0.39 is 72.0 Å². The molecule has 8 atom stereocenters. The smallest absolute Gasteiger partial charge is 0.306 e. The number of alkyl halides is 1. The number of hydrogen-bond acceptors (Lipinski definition) is 8. The molecule has 3 heterocycles. The Labute approximate surface area is 289 Å². The number of nitrogens with zero attached hydrogens (tertiary/aromatic N) is 2. The minimum atomic E-state index is -1.34. The highest BCUT2D eigenvalue weighted by atomic mass is 79.9. The van der Waals surface area contributed by atoms with E-state index in [-0.39, 0.29) is 24.4 Å². The maximum atomic E-state index is 14.7. The van der Waals surface area contributed by atoms with Gasteiger partial charge in [-0.2, -0.15) is 0 Å². The molecule has 0 aromatic heterocycles.